The molecule has 3 heteroatoms. The van der Waals surface area contributed by atoms with Crippen molar-refractivity contribution in [3.63, 3.8) is 0 Å². The van der Waals surface area contributed by atoms with Gasteiger partial charge in [0.2, 0.25) is 0 Å². The Balaban J connectivity index is 1.64. The monoisotopic (exact) mass is 380 g/mol. The lowest BCUT2D eigenvalue weighted by molar-refractivity contribution is -0.0262. The smallest absolute Gasteiger partial charge is 0.0802 e. The molecule has 0 aromatic carbocycles. The first kappa shape index (κ1) is 19.4. The quantitative estimate of drug-likeness (QED) is 0.417. The van der Waals surface area contributed by atoms with Gasteiger partial charge in [-0.05, 0) is 52.8 Å². The molecule has 3 fully saturated rings. The molecule has 2 radical (unpaired) electrons. The third-order valence-corrected chi connectivity index (χ3v) is 9.02. The Morgan fingerprint density at radius 3 is 1.32 bits per heavy atom. The maximum Gasteiger partial charge on any atom is 0.0802 e. The lowest BCUT2D eigenvalue weighted by Gasteiger charge is -2.56. The number of hydrogen-bond acceptors (Lipinski definition) is 2. The molecule has 2 saturated heterocycles. The molecule has 1 aliphatic carbocycles. The molecular weight excluding hydrogens is 343 g/mol. The standard InChI is InChI=1S/C25H37BO2/c1-22(2)12-23(3,4)20-16-10-11-17(28-16)21(20)25(7,26)13-24(5,6)19-15-9-8-14(27-15)18(19)22/h8-11,14-21H,12-13H2,1-7H3. The van der Waals surface area contributed by atoms with E-state index in [0.29, 0.717) is 23.7 Å². The fourth-order valence-electron chi connectivity index (χ4n) is 8.82. The van der Waals surface area contributed by atoms with Gasteiger partial charge in [-0.3, -0.25) is 0 Å². The molecule has 4 heterocycles. The summed E-state index contributed by atoms with van der Waals surface area (Å²) in [6.45, 7) is 17.1. The van der Waals surface area contributed by atoms with Gasteiger partial charge in [-0.1, -0.05) is 78.1 Å². The van der Waals surface area contributed by atoms with Crippen molar-refractivity contribution in [1.82, 2.24) is 0 Å². The molecule has 5 rings (SSSR count). The zero-order valence-electron chi connectivity index (χ0n) is 18.7. The predicted octanol–water partition coefficient (Wildman–Crippen LogP) is 5.35. The van der Waals surface area contributed by atoms with E-state index >= 15 is 0 Å². The summed E-state index contributed by atoms with van der Waals surface area (Å²) in [5, 5.41) is -0.257. The topological polar surface area (TPSA) is 18.5 Å². The molecule has 2 nitrogen and oxygen atoms in total. The van der Waals surface area contributed by atoms with Crippen molar-refractivity contribution >= 4 is 7.85 Å². The molecule has 1 saturated carbocycles. The van der Waals surface area contributed by atoms with Gasteiger partial charge in [0, 0.05) is 0 Å². The summed E-state index contributed by atoms with van der Waals surface area (Å²) in [6.07, 6.45) is 12.3. The molecule has 4 aliphatic heterocycles. The van der Waals surface area contributed by atoms with Crippen molar-refractivity contribution in [2.75, 3.05) is 0 Å². The van der Waals surface area contributed by atoms with Crippen molar-refractivity contribution in [3.8, 4) is 0 Å². The van der Waals surface area contributed by atoms with Crippen LogP contribution in [0.1, 0.15) is 61.3 Å². The van der Waals surface area contributed by atoms with Gasteiger partial charge in [-0.2, -0.15) is 0 Å². The number of rotatable bonds is 0. The van der Waals surface area contributed by atoms with Crippen molar-refractivity contribution < 1.29 is 9.47 Å². The summed E-state index contributed by atoms with van der Waals surface area (Å²) in [5.41, 5.74) is 0.484. The first-order valence-corrected chi connectivity index (χ1v) is 11.3. The molecule has 0 aromatic heterocycles. The summed E-state index contributed by atoms with van der Waals surface area (Å²) < 4.78 is 12.9. The van der Waals surface area contributed by atoms with Gasteiger partial charge in [0.25, 0.3) is 0 Å². The number of hydrogen-bond donors (Lipinski definition) is 0. The molecule has 0 N–H and O–H groups in total. The minimum atomic E-state index is -0.257. The molecule has 152 valence electrons. The van der Waals surface area contributed by atoms with E-state index in [4.69, 9.17) is 17.3 Å². The molecule has 9 unspecified atom stereocenters. The van der Waals surface area contributed by atoms with Crippen LogP contribution >= 0.6 is 0 Å². The van der Waals surface area contributed by atoms with Crippen molar-refractivity contribution in [2.24, 2.45) is 39.9 Å². The van der Waals surface area contributed by atoms with Crippen LogP contribution in [0, 0.1) is 39.9 Å². The Morgan fingerprint density at radius 1 is 0.571 bits per heavy atom. The molecule has 28 heavy (non-hydrogen) atoms. The summed E-state index contributed by atoms with van der Waals surface area (Å²) >= 11 is 0. The maximum absolute atomic E-state index is 7.21. The van der Waals surface area contributed by atoms with Crippen LogP contribution in [0.25, 0.3) is 0 Å². The highest BCUT2D eigenvalue weighted by Gasteiger charge is 2.63. The second-order valence-electron chi connectivity index (χ2n) is 12.8. The van der Waals surface area contributed by atoms with Crippen molar-refractivity contribution in [1.29, 1.82) is 0 Å². The maximum atomic E-state index is 7.21. The number of fused-ring (bicyclic) bond motifs is 10. The van der Waals surface area contributed by atoms with E-state index in [1.807, 2.05) is 0 Å². The third kappa shape index (κ3) is 2.54. The Kier molecular flexibility index (Phi) is 3.87. The van der Waals surface area contributed by atoms with Gasteiger partial charge in [0.15, 0.2) is 0 Å². The summed E-state index contributed by atoms with van der Waals surface area (Å²) in [5.74, 6) is 1.90. The van der Waals surface area contributed by atoms with Gasteiger partial charge < -0.3 is 9.47 Å². The van der Waals surface area contributed by atoms with Gasteiger partial charge in [-0.15, -0.1) is 0 Å². The normalized spacial score (nSPS) is 54.5. The second kappa shape index (κ2) is 5.58. The predicted molar refractivity (Wildman–Crippen MR) is 114 cm³/mol. The van der Waals surface area contributed by atoms with Crippen LogP contribution < -0.4 is 0 Å². The van der Waals surface area contributed by atoms with Crippen LogP contribution in [0.2, 0.25) is 5.31 Å². The Labute approximate surface area is 172 Å². The fraction of sp³-hybridized carbons (Fsp3) is 0.840. The molecule has 0 spiro atoms. The second-order valence-corrected chi connectivity index (χ2v) is 12.8. The lowest BCUT2D eigenvalue weighted by atomic mass is 9.43. The zero-order chi connectivity index (χ0) is 20.3. The van der Waals surface area contributed by atoms with Gasteiger partial charge in [0.05, 0.1) is 32.3 Å². The SMILES string of the molecule is [B]C1(C)CC(C)(C)C2C3C=CC(O3)C2C(C)(C)CC(C)(C)C2C3C=CC(O3)C21. The van der Waals surface area contributed by atoms with E-state index in [2.05, 4.69) is 72.8 Å². The van der Waals surface area contributed by atoms with Gasteiger partial charge in [0.1, 0.15) is 0 Å². The van der Waals surface area contributed by atoms with E-state index in [1.165, 1.54) is 6.42 Å². The first-order chi connectivity index (χ1) is 12.8. The first-order valence-electron chi connectivity index (χ1n) is 11.3. The minimum Gasteiger partial charge on any atom is -0.366 e. The van der Waals surface area contributed by atoms with Crippen LogP contribution in [-0.4, -0.2) is 32.3 Å². The van der Waals surface area contributed by atoms with Crippen LogP contribution in [0.3, 0.4) is 0 Å². The fourth-order valence-corrected chi connectivity index (χ4v) is 8.82. The van der Waals surface area contributed by atoms with Crippen molar-refractivity contribution in [2.45, 2.75) is 91.0 Å². The summed E-state index contributed by atoms with van der Waals surface area (Å²) in [6, 6.07) is 0. The highest BCUT2D eigenvalue weighted by molar-refractivity contribution is 6.15. The van der Waals surface area contributed by atoms with Crippen LogP contribution in [0.15, 0.2) is 24.3 Å². The molecule has 4 bridgehead atoms. The molecule has 0 aromatic rings. The Hall–Kier alpha value is -0.535. The van der Waals surface area contributed by atoms with Gasteiger partial charge >= 0.3 is 0 Å². The van der Waals surface area contributed by atoms with E-state index in [1.54, 1.807) is 0 Å². The van der Waals surface area contributed by atoms with E-state index in [-0.39, 0.29) is 46.0 Å². The summed E-state index contributed by atoms with van der Waals surface area (Å²) in [7, 11) is 7.21. The molecule has 9 atom stereocenters. The van der Waals surface area contributed by atoms with Crippen LogP contribution in [-0.2, 0) is 9.47 Å². The van der Waals surface area contributed by atoms with Crippen LogP contribution in [0.4, 0.5) is 0 Å². The Bertz CT molecular complexity index is 613. The van der Waals surface area contributed by atoms with E-state index in [9.17, 15) is 0 Å². The minimum absolute atomic E-state index is 0.118. The van der Waals surface area contributed by atoms with E-state index < -0.39 is 0 Å². The highest BCUT2D eigenvalue weighted by Crippen LogP contribution is 2.66. The van der Waals surface area contributed by atoms with Gasteiger partial charge in [-0.25, -0.2) is 0 Å². The largest absolute Gasteiger partial charge is 0.366 e. The van der Waals surface area contributed by atoms with Crippen LogP contribution in [0.5, 0.6) is 0 Å². The average Bonchev–Trinajstić information content (AvgIpc) is 3.29. The molecule has 0 amide bonds. The number of ether oxygens (including phenoxy) is 2. The average molecular weight is 380 g/mol. The zero-order valence-corrected chi connectivity index (χ0v) is 18.7. The third-order valence-electron chi connectivity index (χ3n) is 9.02. The Morgan fingerprint density at radius 2 is 0.893 bits per heavy atom. The highest BCUT2D eigenvalue weighted by atomic mass is 16.5. The lowest BCUT2D eigenvalue weighted by Crippen LogP contribution is -2.51. The van der Waals surface area contributed by atoms with E-state index in [0.717, 1.165) is 6.42 Å². The van der Waals surface area contributed by atoms with Crippen molar-refractivity contribution in [3.05, 3.63) is 24.3 Å². The molecule has 5 aliphatic rings. The summed E-state index contributed by atoms with van der Waals surface area (Å²) in [4.78, 5) is 0. The molecular formula is C25H37BO2.